The fourth-order valence-electron chi connectivity index (χ4n) is 4.99. The summed E-state index contributed by atoms with van der Waals surface area (Å²) in [7, 11) is 0. The summed E-state index contributed by atoms with van der Waals surface area (Å²) in [5.74, 6) is -0.910. The van der Waals surface area contributed by atoms with Crippen molar-refractivity contribution in [2.24, 2.45) is 21.6 Å². The minimum absolute atomic E-state index is 0.0397. The molecule has 190 valence electrons. The maximum absolute atomic E-state index is 12.1. The Morgan fingerprint density at radius 1 is 0.972 bits per heavy atom. The predicted molar refractivity (Wildman–Crippen MR) is 135 cm³/mol. The molecule has 0 amide bonds. The van der Waals surface area contributed by atoms with E-state index in [0.29, 0.717) is 42.8 Å². The van der Waals surface area contributed by atoms with Gasteiger partial charge >= 0.3 is 11.9 Å². The largest absolute Gasteiger partial charge is 0.494 e. The number of rotatable bonds is 14. The van der Waals surface area contributed by atoms with E-state index in [2.05, 4.69) is 16.3 Å². The Labute approximate surface area is 211 Å². The number of benzene rings is 2. The third kappa shape index (κ3) is 7.64. The molecule has 1 saturated carbocycles. The molecule has 1 aliphatic carbocycles. The highest BCUT2D eigenvalue weighted by Crippen LogP contribution is 2.49. The molecule has 2 N–H and O–H groups in total. The van der Waals surface area contributed by atoms with Gasteiger partial charge in [-0.25, -0.2) is 0 Å². The van der Waals surface area contributed by atoms with Gasteiger partial charge in [-0.1, -0.05) is 25.7 Å². The molecule has 0 saturated heterocycles. The molecule has 0 spiro atoms. The Bertz CT molecular complexity index is 1080. The lowest BCUT2D eigenvalue weighted by Crippen LogP contribution is -2.35. The van der Waals surface area contributed by atoms with Gasteiger partial charge in [0.25, 0.3) is 0 Å². The van der Waals surface area contributed by atoms with Crippen LogP contribution in [-0.2, 0) is 9.59 Å². The standard InChI is InChI=1S/C28H33N3O5/c29-20-21-7-10-23(11-8-21)30-31-24-12-14-25(15-13-24)36-19-4-2-1-3-17-28(27(34)35)18-5-6-22(28)9-16-26(32)33/h7-8,10-15,22H,1-6,9,16-19H2,(H,32,33)(H,34,35). The van der Waals surface area contributed by atoms with Crippen molar-refractivity contribution in [3.63, 3.8) is 0 Å². The molecule has 2 aromatic carbocycles. The third-order valence-electron chi connectivity index (χ3n) is 6.99. The molecule has 1 aliphatic rings. The zero-order valence-corrected chi connectivity index (χ0v) is 20.4. The zero-order valence-electron chi connectivity index (χ0n) is 20.4. The summed E-state index contributed by atoms with van der Waals surface area (Å²) >= 11 is 0. The van der Waals surface area contributed by atoms with Crippen molar-refractivity contribution in [3.05, 3.63) is 54.1 Å². The fourth-order valence-corrected chi connectivity index (χ4v) is 4.99. The average Bonchev–Trinajstić information content (AvgIpc) is 3.30. The number of nitrogens with zero attached hydrogens (tertiary/aromatic N) is 3. The number of hydrogen-bond acceptors (Lipinski definition) is 6. The molecule has 8 nitrogen and oxygen atoms in total. The van der Waals surface area contributed by atoms with E-state index in [-0.39, 0.29) is 12.3 Å². The van der Waals surface area contributed by atoms with Crippen LogP contribution in [0.4, 0.5) is 11.4 Å². The second kappa shape index (κ2) is 13.4. The van der Waals surface area contributed by atoms with Crippen LogP contribution in [0.1, 0.15) is 69.8 Å². The third-order valence-corrected chi connectivity index (χ3v) is 6.99. The Morgan fingerprint density at radius 2 is 1.61 bits per heavy atom. The van der Waals surface area contributed by atoms with Gasteiger partial charge in [0, 0.05) is 6.42 Å². The van der Waals surface area contributed by atoms with Crippen molar-refractivity contribution in [3.8, 4) is 11.8 Å². The van der Waals surface area contributed by atoms with Crippen molar-refractivity contribution in [1.29, 1.82) is 5.26 Å². The number of carboxylic acid groups (broad SMARTS) is 2. The molecule has 0 aromatic heterocycles. The van der Waals surface area contributed by atoms with Crippen molar-refractivity contribution in [2.45, 2.75) is 64.2 Å². The summed E-state index contributed by atoms with van der Waals surface area (Å²) < 4.78 is 5.81. The maximum atomic E-state index is 12.1. The first-order valence-electron chi connectivity index (χ1n) is 12.5. The van der Waals surface area contributed by atoms with Gasteiger partial charge in [-0.3, -0.25) is 9.59 Å². The van der Waals surface area contributed by atoms with E-state index in [0.717, 1.165) is 44.3 Å². The molecule has 0 heterocycles. The second-order valence-corrected chi connectivity index (χ2v) is 9.35. The highest BCUT2D eigenvalue weighted by Gasteiger charge is 2.48. The van der Waals surface area contributed by atoms with Crippen LogP contribution in [0.15, 0.2) is 58.8 Å². The lowest BCUT2D eigenvalue weighted by molar-refractivity contribution is -0.153. The minimum atomic E-state index is -0.858. The number of carbonyl (C=O) groups is 2. The lowest BCUT2D eigenvalue weighted by Gasteiger charge is -2.31. The molecule has 36 heavy (non-hydrogen) atoms. The summed E-state index contributed by atoms with van der Waals surface area (Å²) in [6.45, 7) is 0.581. The normalized spacial score (nSPS) is 19.2. The van der Waals surface area contributed by atoms with Gasteiger partial charge in [0.2, 0.25) is 0 Å². The van der Waals surface area contributed by atoms with Crippen LogP contribution >= 0.6 is 0 Å². The van der Waals surface area contributed by atoms with Gasteiger partial charge in [0.1, 0.15) is 5.75 Å². The topological polar surface area (TPSA) is 132 Å². The minimum Gasteiger partial charge on any atom is -0.494 e. The van der Waals surface area contributed by atoms with Crippen LogP contribution < -0.4 is 4.74 Å². The Hall–Kier alpha value is -3.73. The Morgan fingerprint density at radius 3 is 2.22 bits per heavy atom. The number of carboxylic acids is 2. The Kier molecular flexibility index (Phi) is 9.99. The van der Waals surface area contributed by atoms with Crippen molar-refractivity contribution < 1.29 is 24.5 Å². The lowest BCUT2D eigenvalue weighted by atomic mass is 9.72. The van der Waals surface area contributed by atoms with E-state index in [1.807, 2.05) is 24.3 Å². The molecule has 0 aliphatic heterocycles. The molecule has 2 unspecified atom stereocenters. The SMILES string of the molecule is N#Cc1ccc(N=Nc2ccc(OCCCCCCC3(C(=O)O)CCCC3CCC(=O)O)cc2)cc1. The highest BCUT2D eigenvalue weighted by molar-refractivity contribution is 5.75. The van der Waals surface area contributed by atoms with E-state index < -0.39 is 17.4 Å². The zero-order chi connectivity index (χ0) is 25.8. The van der Waals surface area contributed by atoms with Gasteiger partial charge in [-0.15, -0.1) is 0 Å². The van der Waals surface area contributed by atoms with Crippen LogP contribution in [0.3, 0.4) is 0 Å². The molecule has 8 heteroatoms. The van der Waals surface area contributed by atoms with E-state index >= 15 is 0 Å². The number of hydrogen-bond donors (Lipinski definition) is 2. The summed E-state index contributed by atoms with van der Waals surface area (Å²) in [5.41, 5.74) is 1.19. The molecule has 0 radical (unpaired) electrons. The number of azo groups is 1. The fraction of sp³-hybridized carbons (Fsp3) is 0.464. The monoisotopic (exact) mass is 491 g/mol. The average molecular weight is 492 g/mol. The first kappa shape index (κ1) is 26.9. The van der Waals surface area contributed by atoms with Crippen molar-refractivity contribution >= 4 is 23.3 Å². The Balaban J connectivity index is 1.35. The summed E-state index contributed by atoms with van der Waals surface area (Å²) in [4.78, 5) is 23.0. The molecule has 2 atom stereocenters. The van der Waals surface area contributed by atoms with Gasteiger partial charge < -0.3 is 14.9 Å². The van der Waals surface area contributed by atoms with Gasteiger partial charge in [0.05, 0.1) is 35.0 Å². The summed E-state index contributed by atoms with van der Waals surface area (Å²) in [6, 6.07) is 16.3. The maximum Gasteiger partial charge on any atom is 0.309 e. The molecule has 2 aromatic rings. The molecular weight excluding hydrogens is 458 g/mol. The van der Waals surface area contributed by atoms with E-state index in [1.165, 1.54) is 0 Å². The number of aliphatic carboxylic acids is 2. The highest BCUT2D eigenvalue weighted by atomic mass is 16.5. The van der Waals surface area contributed by atoms with Gasteiger partial charge in [-0.2, -0.15) is 15.5 Å². The smallest absolute Gasteiger partial charge is 0.309 e. The number of ether oxygens (including phenoxy) is 1. The van der Waals surface area contributed by atoms with Crippen molar-refractivity contribution in [2.75, 3.05) is 6.61 Å². The molecular formula is C28H33N3O5. The van der Waals surface area contributed by atoms with E-state index in [9.17, 15) is 14.7 Å². The van der Waals surface area contributed by atoms with E-state index in [4.69, 9.17) is 15.1 Å². The van der Waals surface area contributed by atoms with Crippen LogP contribution in [-0.4, -0.2) is 28.8 Å². The van der Waals surface area contributed by atoms with Crippen molar-refractivity contribution in [1.82, 2.24) is 0 Å². The van der Waals surface area contributed by atoms with Crippen LogP contribution in [0.5, 0.6) is 5.75 Å². The number of nitriles is 1. The second-order valence-electron chi connectivity index (χ2n) is 9.35. The van der Waals surface area contributed by atoms with Crippen LogP contribution in [0.2, 0.25) is 0 Å². The number of unbranched alkanes of at least 4 members (excludes halogenated alkanes) is 3. The predicted octanol–water partition coefficient (Wildman–Crippen LogP) is 7.04. The van der Waals surface area contributed by atoms with E-state index in [1.54, 1.807) is 24.3 Å². The first-order chi connectivity index (χ1) is 17.4. The van der Waals surface area contributed by atoms with Gasteiger partial charge in [-0.05, 0) is 86.6 Å². The molecule has 1 fully saturated rings. The quantitative estimate of drug-likeness (QED) is 0.215. The molecule has 0 bridgehead atoms. The van der Waals surface area contributed by atoms with Crippen LogP contribution in [0, 0.1) is 22.7 Å². The van der Waals surface area contributed by atoms with Gasteiger partial charge in [0.15, 0.2) is 0 Å². The summed E-state index contributed by atoms with van der Waals surface area (Å²) in [6.07, 6.45) is 7.01. The van der Waals surface area contributed by atoms with Crippen LogP contribution in [0.25, 0.3) is 0 Å². The first-order valence-corrected chi connectivity index (χ1v) is 12.5. The summed E-state index contributed by atoms with van der Waals surface area (Å²) in [5, 5.41) is 36.1. The molecule has 3 rings (SSSR count).